The normalized spacial score (nSPS) is 15.3. The van der Waals surface area contributed by atoms with E-state index in [1.54, 1.807) is 30.4 Å². The second-order valence-corrected chi connectivity index (χ2v) is 10.8. The zero-order valence-electron chi connectivity index (χ0n) is 17.5. The van der Waals surface area contributed by atoms with Crippen LogP contribution in [0.5, 0.6) is 0 Å². The SMILES string of the molecule is CCS(=O)(=O)c1cccc(C(=O)NCCN2CCN(c3nc4ccccc4s3)CC2)c1. The third-order valence-corrected chi connectivity index (χ3v) is 8.30. The lowest BCUT2D eigenvalue weighted by Gasteiger charge is -2.34. The molecule has 1 amide bonds. The Kier molecular flexibility index (Phi) is 6.54. The highest BCUT2D eigenvalue weighted by molar-refractivity contribution is 7.91. The number of nitrogens with zero attached hydrogens (tertiary/aromatic N) is 3. The quantitative estimate of drug-likeness (QED) is 0.586. The average Bonchev–Trinajstić information content (AvgIpc) is 3.24. The molecule has 1 aliphatic rings. The van der Waals surface area contributed by atoms with Gasteiger partial charge in [-0.25, -0.2) is 13.4 Å². The van der Waals surface area contributed by atoms with Gasteiger partial charge in [0, 0.05) is 44.8 Å². The average molecular weight is 459 g/mol. The largest absolute Gasteiger partial charge is 0.351 e. The van der Waals surface area contributed by atoms with Crippen LogP contribution in [-0.2, 0) is 9.84 Å². The summed E-state index contributed by atoms with van der Waals surface area (Å²) in [6, 6.07) is 14.4. The van der Waals surface area contributed by atoms with E-state index in [4.69, 9.17) is 4.98 Å². The van der Waals surface area contributed by atoms with Crippen molar-refractivity contribution in [1.82, 2.24) is 15.2 Å². The first-order valence-corrected chi connectivity index (χ1v) is 12.9. The number of piperazine rings is 1. The number of benzene rings is 2. The van der Waals surface area contributed by atoms with Crippen LogP contribution in [0.1, 0.15) is 17.3 Å². The third-order valence-electron chi connectivity index (χ3n) is 5.47. The molecule has 31 heavy (non-hydrogen) atoms. The summed E-state index contributed by atoms with van der Waals surface area (Å²) < 4.78 is 25.3. The molecule has 0 radical (unpaired) electrons. The molecule has 9 heteroatoms. The van der Waals surface area contributed by atoms with E-state index < -0.39 is 9.84 Å². The molecule has 1 fully saturated rings. The van der Waals surface area contributed by atoms with E-state index in [9.17, 15) is 13.2 Å². The number of sulfone groups is 1. The number of para-hydroxylation sites is 1. The summed E-state index contributed by atoms with van der Waals surface area (Å²) in [7, 11) is -3.33. The van der Waals surface area contributed by atoms with Crippen LogP contribution in [0, 0.1) is 0 Å². The number of rotatable bonds is 7. The Morgan fingerprint density at radius 2 is 1.87 bits per heavy atom. The predicted octanol–water partition coefficient (Wildman–Crippen LogP) is 2.64. The van der Waals surface area contributed by atoms with E-state index in [0.29, 0.717) is 12.1 Å². The third kappa shape index (κ3) is 5.06. The Morgan fingerprint density at radius 3 is 2.61 bits per heavy atom. The summed E-state index contributed by atoms with van der Waals surface area (Å²) in [5.74, 6) is -0.234. The van der Waals surface area contributed by atoms with Gasteiger partial charge in [-0.15, -0.1) is 0 Å². The number of amides is 1. The Balaban J connectivity index is 1.26. The Bertz CT molecular complexity index is 1140. The van der Waals surface area contributed by atoms with Gasteiger partial charge in [0.05, 0.1) is 20.9 Å². The molecule has 0 atom stereocenters. The summed E-state index contributed by atoms with van der Waals surface area (Å²) in [4.78, 5) is 22.0. The number of fused-ring (bicyclic) bond motifs is 1. The van der Waals surface area contributed by atoms with Crippen LogP contribution in [0.3, 0.4) is 0 Å². The lowest BCUT2D eigenvalue weighted by Crippen LogP contribution is -2.48. The number of anilines is 1. The van der Waals surface area contributed by atoms with Gasteiger partial charge >= 0.3 is 0 Å². The molecule has 2 aromatic carbocycles. The fourth-order valence-electron chi connectivity index (χ4n) is 3.59. The van der Waals surface area contributed by atoms with Gasteiger partial charge in [-0.05, 0) is 30.3 Å². The smallest absolute Gasteiger partial charge is 0.251 e. The van der Waals surface area contributed by atoms with E-state index in [2.05, 4.69) is 21.2 Å². The highest BCUT2D eigenvalue weighted by atomic mass is 32.2. The van der Waals surface area contributed by atoms with Crippen molar-refractivity contribution in [3.8, 4) is 0 Å². The summed E-state index contributed by atoms with van der Waals surface area (Å²) in [6.07, 6.45) is 0. The van der Waals surface area contributed by atoms with E-state index in [-0.39, 0.29) is 16.6 Å². The molecule has 0 aliphatic carbocycles. The maximum absolute atomic E-state index is 12.4. The van der Waals surface area contributed by atoms with Gasteiger partial charge in [0.15, 0.2) is 15.0 Å². The van der Waals surface area contributed by atoms with Crippen LogP contribution in [0.2, 0.25) is 0 Å². The minimum atomic E-state index is -3.33. The lowest BCUT2D eigenvalue weighted by molar-refractivity contribution is 0.0947. The Labute approximate surface area is 186 Å². The zero-order chi connectivity index (χ0) is 21.8. The molecule has 1 aromatic heterocycles. The second kappa shape index (κ2) is 9.33. The number of carbonyl (C=O) groups excluding carboxylic acids is 1. The maximum atomic E-state index is 12.4. The van der Waals surface area contributed by atoms with Crippen LogP contribution < -0.4 is 10.2 Å². The fraction of sp³-hybridized carbons (Fsp3) is 0.364. The molecule has 1 saturated heterocycles. The molecule has 1 N–H and O–H groups in total. The van der Waals surface area contributed by atoms with E-state index >= 15 is 0 Å². The molecule has 164 valence electrons. The van der Waals surface area contributed by atoms with Crippen molar-refractivity contribution >= 4 is 42.4 Å². The van der Waals surface area contributed by atoms with E-state index in [1.807, 2.05) is 18.2 Å². The first kappa shape index (κ1) is 21.7. The summed E-state index contributed by atoms with van der Waals surface area (Å²) in [5, 5.41) is 3.97. The predicted molar refractivity (Wildman–Crippen MR) is 125 cm³/mol. The molecular formula is C22H26N4O3S2. The van der Waals surface area contributed by atoms with Gasteiger partial charge in [0.25, 0.3) is 5.91 Å². The summed E-state index contributed by atoms with van der Waals surface area (Å²) in [5.41, 5.74) is 1.42. The van der Waals surface area contributed by atoms with Gasteiger partial charge in [-0.2, -0.15) is 0 Å². The topological polar surface area (TPSA) is 82.6 Å². The molecule has 0 spiro atoms. The van der Waals surface area contributed by atoms with Crippen LogP contribution in [0.4, 0.5) is 5.13 Å². The highest BCUT2D eigenvalue weighted by Crippen LogP contribution is 2.29. The van der Waals surface area contributed by atoms with Crippen molar-refractivity contribution in [1.29, 1.82) is 0 Å². The zero-order valence-corrected chi connectivity index (χ0v) is 19.1. The number of hydrogen-bond acceptors (Lipinski definition) is 7. The Hall–Kier alpha value is -2.49. The molecule has 7 nitrogen and oxygen atoms in total. The van der Waals surface area contributed by atoms with Crippen molar-refractivity contribution in [3.63, 3.8) is 0 Å². The van der Waals surface area contributed by atoms with Crippen LogP contribution in [0.25, 0.3) is 10.2 Å². The van der Waals surface area contributed by atoms with Gasteiger partial charge in [-0.1, -0.05) is 36.5 Å². The molecule has 1 aliphatic heterocycles. The van der Waals surface area contributed by atoms with Crippen molar-refractivity contribution in [2.45, 2.75) is 11.8 Å². The van der Waals surface area contributed by atoms with Crippen molar-refractivity contribution in [3.05, 3.63) is 54.1 Å². The van der Waals surface area contributed by atoms with Crippen molar-refractivity contribution in [2.24, 2.45) is 0 Å². The standard InChI is InChI=1S/C22H26N4O3S2/c1-2-31(28,29)18-7-5-6-17(16-18)21(27)23-10-11-25-12-14-26(15-13-25)22-24-19-8-3-4-9-20(19)30-22/h3-9,16H,2,10-15H2,1H3,(H,23,27). The summed E-state index contributed by atoms with van der Waals surface area (Å²) >= 11 is 1.73. The lowest BCUT2D eigenvalue weighted by atomic mass is 10.2. The monoisotopic (exact) mass is 458 g/mol. The minimum Gasteiger partial charge on any atom is -0.351 e. The first-order valence-electron chi connectivity index (χ1n) is 10.4. The molecule has 0 bridgehead atoms. The van der Waals surface area contributed by atoms with Crippen LogP contribution in [0.15, 0.2) is 53.4 Å². The number of carbonyl (C=O) groups is 1. The summed E-state index contributed by atoms with van der Waals surface area (Å²) in [6.45, 7) is 6.51. The van der Waals surface area contributed by atoms with Crippen LogP contribution in [-0.4, -0.2) is 69.2 Å². The molecule has 3 aromatic rings. The number of hydrogen-bond donors (Lipinski definition) is 1. The first-order chi connectivity index (χ1) is 15.0. The van der Waals surface area contributed by atoms with E-state index in [0.717, 1.165) is 43.4 Å². The number of thiazole rings is 1. The molecule has 4 rings (SSSR count). The van der Waals surface area contributed by atoms with Gasteiger partial charge < -0.3 is 10.2 Å². The molecule has 0 unspecified atom stereocenters. The van der Waals surface area contributed by atoms with Crippen molar-refractivity contribution < 1.29 is 13.2 Å². The van der Waals surface area contributed by atoms with Gasteiger partial charge in [-0.3, -0.25) is 9.69 Å². The van der Waals surface area contributed by atoms with Crippen LogP contribution >= 0.6 is 11.3 Å². The highest BCUT2D eigenvalue weighted by Gasteiger charge is 2.20. The van der Waals surface area contributed by atoms with Gasteiger partial charge in [0.1, 0.15) is 0 Å². The maximum Gasteiger partial charge on any atom is 0.251 e. The molecule has 2 heterocycles. The Morgan fingerprint density at radius 1 is 1.10 bits per heavy atom. The van der Waals surface area contributed by atoms with Crippen molar-refractivity contribution in [2.75, 3.05) is 49.9 Å². The number of nitrogens with one attached hydrogen (secondary N) is 1. The molecule has 0 saturated carbocycles. The van der Waals surface area contributed by atoms with E-state index in [1.165, 1.54) is 16.8 Å². The fourth-order valence-corrected chi connectivity index (χ4v) is 5.53. The number of aromatic nitrogens is 1. The van der Waals surface area contributed by atoms with Gasteiger partial charge in [0.2, 0.25) is 0 Å². The minimum absolute atomic E-state index is 0.0149. The molecular weight excluding hydrogens is 432 g/mol. The second-order valence-electron chi connectivity index (χ2n) is 7.48.